The van der Waals surface area contributed by atoms with Crippen LogP contribution in [0.5, 0.6) is 0 Å². The topological polar surface area (TPSA) is 15.7 Å². The predicted molar refractivity (Wildman–Crippen MR) is 84.4 cm³/mol. The summed E-state index contributed by atoms with van der Waals surface area (Å²) in [5.74, 6) is 0. The second-order valence-electron chi connectivity index (χ2n) is 6.12. The highest BCUT2D eigenvalue weighted by molar-refractivity contribution is 7.10. The molecule has 0 spiro atoms. The number of thiophene rings is 1. The molecule has 1 aromatic heterocycles. The minimum atomic E-state index is 0.399. The summed E-state index contributed by atoms with van der Waals surface area (Å²) in [4.78, 5) is 6.68. The Hall–Kier alpha value is -0.420. The van der Waals surface area contributed by atoms with Gasteiger partial charge in [-0.3, -0.25) is 4.90 Å². The van der Waals surface area contributed by atoms with Crippen LogP contribution in [-0.2, 0) is 11.3 Å². The lowest BCUT2D eigenvalue weighted by molar-refractivity contribution is 0.0308. The number of hydrogen-bond acceptors (Lipinski definition) is 4. The van der Waals surface area contributed by atoms with E-state index in [1.165, 1.54) is 49.3 Å². The molecular weight excluding hydrogens is 268 g/mol. The third kappa shape index (κ3) is 3.82. The average Bonchev–Trinajstić information content (AvgIpc) is 3.01. The molecule has 112 valence electrons. The molecule has 0 aromatic carbocycles. The molecule has 0 radical (unpaired) electrons. The maximum absolute atomic E-state index is 6.06. The van der Waals surface area contributed by atoms with Gasteiger partial charge in [-0.25, -0.2) is 0 Å². The van der Waals surface area contributed by atoms with Gasteiger partial charge in [-0.1, -0.05) is 0 Å². The van der Waals surface area contributed by atoms with Gasteiger partial charge in [0.1, 0.15) is 0 Å². The van der Waals surface area contributed by atoms with Gasteiger partial charge in [0.2, 0.25) is 0 Å². The Morgan fingerprint density at radius 2 is 2.00 bits per heavy atom. The lowest BCUT2D eigenvalue weighted by Gasteiger charge is -2.26. The molecule has 2 saturated heterocycles. The summed E-state index contributed by atoms with van der Waals surface area (Å²) >= 11 is 1.89. The zero-order valence-corrected chi connectivity index (χ0v) is 13.3. The summed E-state index contributed by atoms with van der Waals surface area (Å²) in [6.45, 7) is 10.2. The van der Waals surface area contributed by atoms with Crippen molar-refractivity contribution in [2.75, 3.05) is 39.3 Å². The molecule has 2 aliphatic heterocycles. The molecule has 1 aromatic rings. The van der Waals surface area contributed by atoms with E-state index in [9.17, 15) is 0 Å². The Kier molecular flexibility index (Phi) is 5.10. The summed E-state index contributed by atoms with van der Waals surface area (Å²) in [5, 5.41) is 2.21. The first-order chi connectivity index (χ1) is 9.81. The van der Waals surface area contributed by atoms with E-state index in [2.05, 4.69) is 28.2 Å². The van der Waals surface area contributed by atoms with Crippen LogP contribution in [0.25, 0.3) is 0 Å². The van der Waals surface area contributed by atoms with Crippen molar-refractivity contribution in [1.29, 1.82) is 0 Å². The largest absolute Gasteiger partial charge is 0.376 e. The van der Waals surface area contributed by atoms with Crippen LogP contribution in [0, 0.1) is 6.92 Å². The molecule has 3 rings (SSSR count). The van der Waals surface area contributed by atoms with Crippen molar-refractivity contribution in [1.82, 2.24) is 9.80 Å². The third-order valence-corrected chi connectivity index (χ3v) is 5.44. The van der Waals surface area contributed by atoms with Crippen LogP contribution in [-0.4, -0.2) is 55.2 Å². The molecule has 2 aliphatic rings. The summed E-state index contributed by atoms with van der Waals surface area (Å²) in [7, 11) is 0. The third-order valence-electron chi connectivity index (χ3n) is 4.43. The van der Waals surface area contributed by atoms with Gasteiger partial charge in [0.05, 0.1) is 6.10 Å². The monoisotopic (exact) mass is 294 g/mol. The zero-order chi connectivity index (χ0) is 13.8. The summed E-state index contributed by atoms with van der Waals surface area (Å²) < 4.78 is 6.06. The van der Waals surface area contributed by atoms with Crippen molar-refractivity contribution in [3.63, 3.8) is 0 Å². The fourth-order valence-corrected chi connectivity index (χ4v) is 4.19. The smallest absolute Gasteiger partial charge is 0.0828 e. The highest BCUT2D eigenvalue weighted by Crippen LogP contribution is 2.20. The highest BCUT2D eigenvalue weighted by atomic mass is 32.1. The first kappa shape index (κ1) is 14.5. The Balaban J connectivity index is 1.55. The van der Waals surface area contributed by atoms with Gasteiger partial charge in [-0.05, 0) is 56.3 Å². The fraction of sp³-hybridized carbons (Fsp3) is 0.750. The van der Waals surface area contributed by atoms with Crippen molar-refractivity contribution in [2.45, 2.75) is 38.8 Å². The average molecular weight is 294 g/mol. The molecule has 0 amide bonds. The Morgan fingerprint density at radius 1 is 1.20 bits per heavy atom. The first-order valence-electron chi connectivity index (χ1n) is 7.90. The summed E-state index contributed by atoms with van der Waals surface area (Å²) in [6.07, 6.45) is 4.30. The van der Waals surface area contributed by atoms with E-state index in [0.29, 0.717) is 6.10 Å². The molecular formula is C16H26N2OS. The van der Waals surface area contributed by atoms with E-state index in [0.717, 1.165) is 26.2 Å². The highest BCUT2D eigenvalue weighted by Gasteiger charge is 2.23. The van der Waals surface area contributed by atoms with Crippen LogP contribution >= 0.6 is 11.3 Å². The Morgan fingerprint density at radius 3 is 2.75 bits per heavy atom. The number of aryl methyl sites for hydroxylation is 1. The summed E-state index contributed by atoms with van der Waals surface area (Å²) in [6, 6.07) is 2.23. The van der Waals surface area contributed by atoms with E-state index < -0.39 is 0 Å². The molecule has 4 heteroatoms. The van der Waals surface area contributed by atoms with Crippen molar-refractivity contribution in [2.24, 2.45) is 0 Å². The first-order valence-corrected chi connectivity index (χ1v) is 8.78. The number of ether oxygens (including phenoxy) is 1. The standard InChI is InChI=1S/C16H26N2OS/c1-14-5-10-20-16(14)13-18-8-4-9-19-15(12-18)11-17-6-2-3-7-17/h5,10,15H,2-4,6-9,11-13H2,1H3. The van der Waals surface area contributed by atoms with Gasteiger partial charge in [-0.15, -0.1) is 11.3 Å². The van der Waals surface area contributed by atoms with Crippen molar-refractivity contribution >= 4 is 11.3 Å². The Bertz CT molecular complexity index is 414. The molecule has 1 atom stereocenters. The van der Waals surface area contributed by atoms with Gasteiger partial charge in [-0.2, -0.15) is 0 Å². The normalized spacial score (nSPS) is 25.9. The van der Waals surface area contributed by atoms with Gasteiger partial charge >= 0.3 is 0 Å². The van der Waals surface area contributed by atoms with E-state index in [-0.39, 0.29) is 0 Å². The zero-order valence-electron chi connectivity index (χ0n) is 12.5. The van der Waals surface area contributed by atoms with Gasteiger partial charge in [0.25, 0.3) is 0 Å². The Labute approximate surface area is 126 Å². The molecule has 0 saturated carbocycles. The number of hydrogen-bond donors (Lipinski definition) is 0. The lowest BCUT2D eigenvalue weighted by Crippen LogP contribution is -2.39. The van der Waals surface area contributed by atoms with Crippen LogP contribution in [0.1, 0.15) is 29.7 Å². The molecule has 2 fully saturated rings. The van der Waals surface area contributed by atoms with E-state index >= 15 is 0 Å². The molecule has 1 unspecified atom stereocenters. The SMILES string of the molecule is Cc1ccsc1CN1CCCOC(CN2CCCC2)C1. The number of nitrogens with zero attached hydrogens (tertiary/aromatic N) is 2. The maximum Gasteiger partial charge on any atom is 0.0828 e. The molecule has 0 bridgehead atoms. The molecule has 3 nitrogen and oxygen atoms in total. The van der Waals surface area contributed by atoms with E-state index in [1.54, 1.807) is 0 Å². The van der Waals surface area contributed by atoms with Crippen molar-refractivity contribution < 1.29 is 4.74 Å². The molecule has 0 N–H and O–H groups in total. The lowest BCUT2D eigenvalue weighted by atomic mass is 10.2. The quantitative estimate of drug-likeness (QED) is 0.849. The summed E-state index contributed by atoms with van der Waals surface area (Å²) in [5.41, 5.74) is 1.44. The van der Waals surface area contributed by atoms with Crippen LogP contribution in [0.3, 0.4) is 0 Å². The van der Waals surface area contributed by atoms with Crippen LogP contribution in [0.4, 0.5) is 0 Å². The maximum atomic E-state index is 6.06. The van der Waals surface area contributed by atoms with Crippen LogP contribution in [0.2, 0.25) is 0 Å². The molecule has 0 aliphatic carbocycles. The van der Waals surface area contributed by atoms with Crippen LogP contribution < -0.4 is 0 Å². The van der Waals surface area contributed by atoms with E-state index in [1.807, 2.05) is 11.3 Å². The molecule has 3 heterocycles. The predicted octanol–water partition coefficient (Wildman–Crippen LogP) is 2.74. The van der Waals surface area contributed by atoms with Crippen molar-refractivity contribution in [3.8, 4) is 0 Å². The van der Waals surface area contributed by atoms with Gasteiger partial charge in [0, 0.05) is 37.7 Å². The van der Waals surface area contributed by atoms with Gasteiger partial charge < -0.3 is 9.64 Å². The number of likely N-dealkylation sites (tertiary alicyclic amines) is 1. The number of rotatable bonds is 4. The van der Waals surface area contributed by atoms with E-state index in [4.69, 9.17) is 4.74 Å². The minimum Gasteiger partial charge on any atom is -0.376 e. The van der Waals surface area contributed by atoms with Crippen LogP contribution in [0.15, 0.2) is 11.4 Å². The molecule has 20 heavy (non-hydrogen) atoms. The second kappa shape index (κ2) is 7.03. The second-order valence-corrected chi connectivity index (χ2v) is 7.12. The minimum absolute atomic E-state index is 0.399. The fourth-order valence-electron chi connectivity index (χ4n) is 3.25. The van der Waals surface area contributed by atoms with Crippen molar-refractivity contribution in [3.05, 3.63) is 21.9 Å². The van der Waals surface area contributed by atoms with Gasteiger partial charge in [0.15, 0.2) is 0 Å².